The highest BCUT2D eigenvalue weighted by Crippen LogP contribution is 2.44. The van der Waals surface area contributed by atoms with Crippen LogP contribution in [0.2, 0.25) is 0 Å². The quantitative estimate of drug-likeness (QED) is 0.164. The number of nitrogens with zero attached hydrogens (tertiary/aromatic N) is 2. The van der Waals surface area contributed by atoms with Crippen LogP contribution in [0.1, 0.15) is 0 Å². The lowest BCUT2D eigenvalue weighted by Crippen LogP contribution is -2.11. The molecule has 2 heterocycles. The first-order valence-electron chi connectivity index (χ1n) is 19.2. The predicted octanol–water partition coefficient (Wildman–Crippen LogP) is 15.0. The minimum atomic E-state index is 0.598. The first-order valence-corrected chi connectivity index (χ1v) is 19.2. The number of rotatable bonds is 7. The lowest BCUT2D eigenvalue weighted by atomic mass is 9.97. The molecule has 268 valence electrons. The van der Waals surface area contributed by atoms with Crippen molar-refractivity contribution in [1.82, 2.24) is 4.98 Å². The molecule has 0 amide bonds. The summed E-state index contributed by atoms with van der Waals surface area (Å²) >= 11 is 0. The number of hydrogen-bond donors (Lipinski definition) is 0. The van der Waals surface area contributed by atoms with Gasteiger partial charge in [0.1, 0.15) is 16.7 Å². The normalized spacial score (nSPS) is 11.5. The molecule has 11 aromatic rings. The minimum Gasteiger partial charge on any atom is -0.455 e. The van der Waals surface area contributed by atoms with Gasteiger partial charge in [-0.15, -0.1) is 0 Å². The number of fused-ring (bicyclic) bond motifs is 6. The molecule has 0 radical (unpaired) electrons. The van der Waals surface area contributed by atoms with Crippen LogP contribution in [-0.4, -0.2) is 4.98 Å². The molecule has 57 heavy (non-hydrogen) atoms. The van der Waals surface area contributed by atoms with E-state index in [4.69, 9.17) is 13.8 Å². The van der Waals surface area contributed by atoms with Gasteiger partial charge >= 0.3 is 0 Å². The van der Waals surface area contributed by atoms with Crippen LogP contribution in [0.15, 0.2) is 215 Å². The fourth-order valence-corrected chi connectivity index (χ4v) is 8.21. The highest BCUT2D eigenvalue weighted by molar-refractivity contribution is 6.18. The van der Waals surface area contributed by atoms with E-state index in [1.807, 2.05) is 42.5 Å². The second-order valence-electron chi connectivity index (χ2n) is 14.3. The molecule has 4 nitrogen and oxygen atoms in total. The molecule has 0 N–H and O–H groups in total. The summed E-state index contributed by atoms with van der Waals surface area (Å²) in [5, 5.41) is 4.42. The smallest absolute Gasteiger partial charge is 0.227 e. The van der Waals surface area contributed by atoms with E-state index < -0.39 is 0 Å². The van der Waals surface area contributed by atoms with Gasteiger partial charge in [-0.05, 0) is 87.6 Å². The van der Waals surface area contributed by atoms with E-state index in [0.29, 0.717) is 5.89 Å². The second-order valence-corrected chi connectivity index (χ2v) is 14.3. The zero-order valence-corrected chi connectivity index (χ0v) is 30.8. The molecular formula is C53H34N2O2. The third-order valence-electron chi connectivity index (χ3n) is 10.9. The summed E-state index contributed by atoms with van der Waals surface area (Å²) in [6.45, 7) is 0. The van der Waals surface area contributed by atoms with E-state index in [1.165, 1.54) is 21.9 Å². The van der Waals surface area contributed by atoms with Crippen LogP contribution in [0.25, 0.3) is 88.6 Å². The van der Waals surface area contributed by atoms with Gasteiger partial charge in [-0.25, -0.2) is 4.98 Å². The van der Waals surface area contributed by atoms with Gasteiger partial charge in [0.2, 0.25) is 5.89 Å². The fourth-order valence-electron chi connectivity index (χ4n) is 8.21. The summed E-state index contributed by atoms with van der Waals surface area (Å²) in [6, 6.07) is 72.4. The van der Waals surface area contributed by atoms with Crippen LogP contribution in [0, 0.1) is 0 Å². The number of aromatic nitrogens is 1. The number of furan rings is 1. The maximum atomic E-state index is 6.62. The van der Waals surface area contributed by atoms with Crippen molar-refractivity contribution < 1.29 is 8.83 Å². The zero-order valence-electron chi connectivity index (χ0n) is 30.8. The van der Waals surface area contributed by atoms with Crippen molar-refractivity contribution in [2.45, 2.75) is 0 Å². The average Bonchev–Trinajstić information content (AvgIpc) is 3.90. The van der Waals surface area contributed by atoms with Gasteiger partial charge < -0.3 is 13.7 Å². The fraction of sp³-hybridized carbons (Fsp3) is 0. The third-order valence-corrected chi connectivity index (χ3v) is 10.9. The third kappa shape index (κ3) is 5.66. The summed E-state index contributed by atoms with van der Waals surface area (Å²) in [7, 11) is 0. The van der Waals surface area contributed by atoms with Crippen LogP contribution in [0.3, 0.4) is 0 Å². The first kappa shape index (κ1) is 32.7. The Morgan fingerprint density at radius 2 is 0.930 bits per heavy atom. The molecule has 0 aliphatic rings. The highest BCUT2D eigenvalue weighted by atomic mass is 16.4. The van der Waals surface area contributed by atoms with Crippen LogP contribution < -0.4 is 4.90 Å². The molecule has 0 aliphatic carbocycles. The Morgan fingerprint density at radius 1 is 0.368 bits per heavy atom. The van der Waals surface area contributed by atoms with Crippen molar-refractivity contribution in [3.63, 3.8) is 0 Å². The van der Waals surface area contributed by atoms with Crippen molar-refractivity contribution in [3.8, 4) is 44.8 Å². The van der Waals surface area contributed by atoms with Crippen LogP contribution in [-0.2, 0) is 0 Å². The largest absolute Gasteiger partial charge is 0.455 e. The summed E-state index contributed by atoms with van der Waals surface area (Å²) in [6.07, 6.45) is 0. The SMILES string of the molecule is c1ccc(-c2nc3ccc4oc5c(-c6ccc(N(c7ccc(-c8cccc9ccccc89)cc7)c7ccccc7-c7ccccc7)cc6)cccc5c4c3o2)cc1. The number of hydrogen-bond acceptors (Lipinski definition) is 4. The van der Waals surface area contributed by atoms with Crippen LogP contribution in [0.4, 0.5) is 17.1 Å². The van der Waals surface area contributed by atoms with Crippen molar-refractivity contribution in [3.05, 3.63) is 206 Å². The van der Waals surface area contributed by atoms with E-state index in [-0.39, 0.29) is 0 Å². The molecule has 9 aromatic carbocycles. The topological polar surface area (TPSA) is 42.4 Å². The monoisotopic (exact) mass is 730 g/mol. The number of para-hydroxylation sites is 2. The Kier molecular flexibility index (Phi) is 7.78. The number of oxazole rings is 1. The molecule has 0 aliphatic heterocycles. The molecule has 0 saturated heterocycles. The van der Waals surface area contributed by atoms with E-state index in [0.717, 1.165) is 77.9 Å². The average molecular weight is 731 g/mol. The Balaban J connectivity index is 1.02. The van der Waals surface area contributed by atoms with Crippen molar-refractivity contribution in [2.24, 2.45) is 0 Å². The standard InChI is InChI=1S/C53H34N2O2/c1-3-13-36(14-4-1)44-20-9-10-24-48(44)55(40-29-25-37(26-30-40)43-21-11-18-35-15-7-8-19-42(35)43)41-31-27-38(28-32-41)45-22-12-23-46-50-49(56-51(45)46)34-33-47-52(50)57-53(54-47)39-16-5-2-6-17-39/h1-34H. The van der Waals surface area contributed by atoms with E-state index in [9.17, 15) is 0 Å². The lowest BCUT2D eigenvalue weighted by molar-refractivity contribution is 0.622. The van der Waals surface area contributed by atoms with E-state index >= 15 is 0 Å². The Morgan fingerprint density at radius 3 is 1.70 bits per heavy atom. The van der Waals surface area contributed by atoms with Gasteiger partial charge in [-0.2, -0.15) is 0 Å². The minimum absolute atomic E-state index is 0.598. The molecule has 11 rings (SSSR count). The molecule has 0 fully saturated rings. The number of anilines is 3. The first-order chi connectivity index (χ1) is 28.3. The molecule has 0 spiro atoms. The highest BCUT2D eigenvalue weighted by Gasteiger charge is 2.21. The van der Waals surface area contributed by atoms with Gasteiger partial charge in [0.25, 0.3) is 0 Å². The molecule has 0 atom stereocenters. The van der Waals surface area contributed by atoms with Gasteiger partial charge in [-0.3, -0.25) is 0 Å². The molecular weight excluding hydrogens is 697 g/mol. The predicted molar refractivity (Wildman–Crippen MR) is 235 cm³/mol. The molecule has 2 aromatic heterocycles. The molecule has 0 unspecified atom stereocenters. The van der Waals surface area contributed by atoms with E-state index in [1.54, 1.807) is 0 Å². The number of benzene rings is 9. The Labute approximate surface area is 329 Å². The lowest BCUT2D eigenvalue weighted by Gasteiger charge is -2.28. The molecule has 4 heteroatoms. The summed E-state index contributed by atoms with van der Waals surface area (Å²) in [5.41, 5.74) is 14.1. The Bertz CT molecular complexity index is 3210. The van der Waals surface area contributed by atoms with Gasteiger partial charge in [0.15, 0.2) is 5.58 Å². The van der Waals surface area contributed by atoms with Crippen LogP contribution in [0.5, 0.6) is 0 Å². The molecule has 0 saturated carbocycles. The molecule has 0 bridgehead atoms. The maximum Gasteiger partial charge on any atom is 0.227 e. The summed E-state index contributed by atoms with van der Waals surface area (Å²) in [4.78, 5) is 7.17. The van der Waals surface area contributed by atoms with Gasteiger partial charge in [-0.1, -0.05) is 152 Å². The van der Waals surface area contributed by atoms with Crippen molar-refractivity contribution in [1.29, 1.82) is 0 Å². The zero-order chi connectivity index (χ0) is 37.7. The van der Waals surface area contributed by atoms with Crippen molar-refractivity contribution >= 4 is 60.9 Å². The summed E-state index contributed by atoms with van der Waals surface area (Å²) < 4.78 is 13.0. The van der Waals surface area contributed by atoms with Crippen LogP contribution >= 0.6 is 0 Å². The van der Waals surface area contributed by atoms with Crippen molar-refractivity contribution in [2.75, 3.05) is 4.90 Å². The van der Waals surface area contributed by atoms with Gasteiger partial charge in [0.05, 0.1) is 11.1 Å². The van der Waals surface area contributed by atoms with E-state index in [2.05, 4.69) is 169 Å². The van der Waals surface area contributed by atoms with Gasteiger partial charge in [0, 0.05) is 33.5 Å². The maximum absolute atomic E-state index is 6.62. The summed E-state index contributed by atoms with van der Waals surface area (Å²) in [5.74, 6) is 0.598. The second kappa shape index (κ2) is 13.6. The Hall–Kier alpha value is -7.69.